The summed E-state index contributed by atoms with van der Waals surface area (Å²) in [5.74, 6) is -3.08. The van der Waals surface area contributed by atoms with Crippen molar-refractivity contribution in [3.8, 4) is 5.75 Å². The molecule has 5 nitrogen and oxygen atoms in total. The maximum absolute atomic E-state index is 14.2. The van der Waals surface area contributed by atoms with Crippen molar-refractivity contribution < 1.29 is 18.3 Å². The number of benzene rings is 1. The number of carbonyl (C=O) groups is 1. The lowest BCUT2D eigenvalue weighted by Gasteiger charge is -2.10. The molecule has 1 aromatic rings. The maximum Gasteiger partial charge on any atom is 0.248 e. The molecule has 0 spiro atoms. The van der Waals surface area contributed by atoms with Crippen LogP contribution in [0.2, 0.25) is 0 Å². The largest absolute Gasteiger partial charge is 0.436 e. The number of rotatable bonds is 10. The van der Waals surface area contributed by atoms with E-state index in [4.69, 9.17) is 10.5 Å². The molecule has 0 unspecified atom stereocenters. The molecule has 1 rings (SSSR count). The Bertz CT molecular complexity index is 700. The van der Waals surface area contributed by atoms with Crippen LogP contribution in [0.5, 0.6) is 5.75 Å². The summed E-state index contributed by atoms with van der Waals surface area (Å²) in [6, 6.07) is 2.79. The lowest BCUT2D eigenvalue weighted by atomic mass is 10.2. The predicted molar refractivity (Wildman–Crippen MR) is 99.1 cm³/mol. The summed E-state index contributed by atoms with van der Waals surface area (Å²) in [5.41, 5.74) is 5.31. The normalized spacial score (nSPS) is 11.8. The molecule has 0 aliphatic rings. The minimum atomic E-state index is -1.10. The average Bonchev–Trinajstić information content (AvgIpc) is 2.62. The van der Waals surface area contributed by atoms with Crippen molar-refractivity contribution >= 4 is 11.8 Å². The highest BCUT2D eigenvalue weighted by atomic mass is 19.2. The van der Waals surface area contributed by atoms with E-state index >= 15 is 0 Å². The Kier molecular flexibility index (Phi) is 9.22. The average molecular weight is 365 g/mol. The molecule has 142 valence electrons. The molecule has 26 heavy (non-hydrogen) atoms. The number of hydrogen-bond acceptors (Lipinski definition) is 4. The summed E-state index contributed by atoms with van der Waals surface area (Å²) >= 11 is 0. The van der Waals surface area contributed by atoms with Crippen LogP contribution >= 0.6 is 0 Å². The van der Waals surface area contributed by atoms with Crippen molar-refractivity contribution in [2.75, 3.05) is 13.6 Å². The summed E-state index contributed by atoms with van der Waals surface area (Å²) in [6.07, 6.45) is 5.76. The van der Waals surface area contributed by atoms with Gasteiger partial charge in [-0.05, 0) is 25.1 Å². The van der Waals surface area contributed by atoms with Crippen molar-refractivity contribution in [3.63, 3.8) is 0 Å². The van der Waals surface area contributed by atoms with E-state index in [0.29, 0.717) is 0 Å². The third-order valence-corrected chi connectivity index (χ3v) is 3.58. The Balaban J connectivity index is 2.77. The molecule has 0 aromatic heterocycles. The lowest BCUT2D eigenvalue weighted by Crippen LogP contribution is -2.16. The number of halogens is 2. The molecule has 1 aromatic carbocycles. The van der Waals surface area contributed by atoms with Gasteiger partial charge in [-0.15, -0.1) is 0 Å². The lowest BCUT2D eigenvalue weighted by molar-refractivity contribution is -0.114. The van der Waals surface area contributed by atoms with E-state index in [1.807, 2.05) is 0 Å². The van der Waals surface area contributed by atoms with Crippen LogP contribution in [-0.4, -0.2) is 25.4 Å². The highest BCUT2D eigenvalue weighted by Gasteiger charge is 2.15. The van der Waals surface area contributed by atoms with Crippen molar-refractivity contribution in [2.24, 2.45) is 10.7 Å². The predicted octanol–water partition coefficient (Wildman–Crippen LogP) is 3.25. The molecule has 0 heterocycles. The van der Waals surface area contributed by atoms with E-state index in [0.717, 1.165) is 25.8 Å². The van der Waals surface area contributed by atoms with Crippen LogP contribution in [0.4, 0.5) is 8.78 Å². The minimum Gasteiger partial charge on any atom is -0.436 e. The molecule has 0 atom stereocenters. The maximum atomic E-state index is 14.2. The van der Waals surface area contributed by atoms with Crippen LogP contribution < -0.4 is 15.8 Å². The Morgan fingerprint density at radius 3 is 2.65 bits per heavy atom. The third kappa shape index (κ3) is 6.76. The van der Waals surface area contributed by atoms with E-state index in [1.54, 1.807) is 0 Å². The molecular weight excluding hydrogens is 340 g/mol. The first kappa shape index (κ1) is 21.5. The van der Waals surface area contributed by atoms with Crippen molar-refractivity contribution in [1.29, 1.82) is 0 Å². The Morgan fingerprint density at radius 1 is 1.31 bits per heavy atom. The zero-order chi connectivity index (χ0) is 19.5. The zero-order valence-electron chi connectivity index (χ0n) is 15.1. The fourth-order valence-corrected chi connectivity index (χ4v) is 2.03. The van der Waals surface area contributed by atoms with E-state index in [-0.39, 0.29) is 29.3 Å². The second-order valence-corrected chi connectivity index (χ2v) is 5.62. The van der Waals surface area contributed by atoms with Crippen molar-refractivity contribution in [3.05, 3.63) is 53.6 Å². The Hall–Kier alpha value is -2.54. The number of carbonyl (C=O) groups excluding carboxylic acids is 1. The van der Waals surface area contributed by atoms with E-state index in [2.05, 4.69) is 23.8 Å². The first-order valence-electron chi connectivity index (χ1n) is 8.39. The number of aliphatic imine (C=N–C) groups is 1. The van der Waals surface area contributed by atoms with Crippen LogP contribution in [0.3, 0.4) is 0 Å². The van der Waals surface area contributed by atoms with E-state index in [9.17, 15) is 13.6 Å². The quantitative estimate of drug-likeness (QED) is 0.220. The highest BCUT2D eigenvalue weighted by molar-refractivity contribution is 5.97. The summed E-state index contributed by atoms with van der Waals surface area (Å²) in [7, 11) is 1.41. The van der Waals surface area contributed by atoms with E-state index < -0.39 is 17.5 Å². The van der Waals surface area contributed by atoms with Gasteiger partial charge < -0.3 is 15.8 Å². The van der Waals surface area contributed by atoms with Gasteiger partial charge in [0.25, 0.3) is 0 Å². The standard InChI is InChI=1S/C19H25F2N3O2/c1-4-5-6-11-24-12-14-8-9-15(18(21)17(14)20)26-16(23-3)10-7-13(2)19(22)25/h7-10,24H,2,4-6,11-12H2,1,3H3,(H2,22,25)/b10-7-,23-16+. The van der Waals surface area contributed by atoms with Gasteiger partial charge in [-0.1, -0.05) is 32.4 Å². The number of nitrogens with zero attached hydrogens (tertiary/aromatic N) is 1. The summed E-state index contributed by atoms with van der Waals surface area (Å²) < 4.78 is 33.7. The second-order valence-electron chi connectivity index (χ2n) is 5.62. The van der Waals surface area contributed by atoms with Crippen LogP contribution in [0.15, 0.2) is 41.4 Å². The first-order chi connectivity index (χ1) is 12.4. The Morgan fingerprint density at radius 2 is 2.04 bits per heavy atom. The smallest absolute Gasteiger partial charge is 0.248 e. The van der Waals surface area contributed by atoms with Crippen LogP contribution in [-0.2, 0) is 11.3 Å². The molecule has 0 radical (unpaired) electrons. The molecule has 7 heteroatoms. The SMILES string of the molecule is C=C(/C=C\C(=N/C)Oc1ccc(CNCCCCC)c(F)c1F)C(N)=O. The van der Waals surface area contributed by atoms with Gasteiger partial charge >= 0.3 is 0 Å². The van der Waals surface area contributed by atoms with Gasteiger partial charge in [0.05, 0.1) is 0 Å². The van der Waals surface area contributed by atoms with E-state index in [1.165, 1.54) is 31.3 Å². The number of hydrogen-bond donors (Lipinski definition) is 2. The molecule has 3 N–H and O–H groups in total. The number of ether oxygens (including phenoxy) is 1. The number of nitrogens with one attached hydrogen (secondary N) is 1. The zero-order valence-corrected chi connectivity index (χ0v) is 15.1. The fourth-order valence-electron chi connectivity index (χ4n) is 2.03. The second kappa shape index (κ2) is 11.1. The molecule has 0 fully saturated rings. The van der Waals surface area contributed by atoms with Gasteiger partial charge in [0.2, 0.25) is 17.6 Å². The molecule has 0 saturated heterocycles. The van der Waals surface area contributed by atoms with Crippen molar-refractivity contribution in [1.82, 2.24) is 5.32 Å². The number of unbranched alkanes of at least 4 members (excludes halogenated alkanes) is 2. The number of nitrogens with two attached hydrogens (primary N) is 1. The van der Waals surface area contributed by atoms with Gasteiger partial charge in [-0.3, -0.25) is 9.79 Å². The molecule has 0 aliphatic carbocycles. The molecular formula is C19H25F2N3O2. The summed E-state index contributed by atoms with van der Waals surface area (Å²) in [5, 5.41) is 3.08. The summed E-state index contributed by atoms with van der Waals surface area (Å²) in [4.78, 5) is 14.7. The fraction of sp³-hybridized carbons (Fsp3) is 0.368. The van der Waals surface area contributed by atoms with Crippen LogP contribution in [0.25, 0.3) is 0 Å². The van der Waals surface area contributed by atoms with Crippen molar-refractivity contribution in [2.45, 2.75) is 32.7 Å². The molecule has 0 aliphatic heterocycles. The number of primary amides is 1. The van der Waals surface area contributed by atoms with Gasteiger partial charge in [0, 0.05) is 30.8 Å². The first-order valence-corrected chi connectivity index (χ1v) is 8.39. The topological polar surface area (TPSA) is 76.7 Å². The van der Waals surface area contributed by atoms with Crippen LogP contribution in [0, 0.1) is 11.6 Å². The van der Waals surface area contributed by atoms with Gasteiger partial charge in [-0.2, -0.15) is 4.39 Å². The Labute approximate surface area is 152 Å². The van der Waals surface area contributed by atoms with Gasteiger partial charge in [-0.25, -0.2) is 4.39 Å². The molecule has 0 bridgehead atoms. The van der Waals surface area contributed by atoms with Crippen LogP contribution in [0.1, 0.15) is 31.7 Å². The third-order valence-electron chi connectivity index (χ3n) is 3.58. The number of amides is 1. The van der Waals surface area contributed by atoms with Gasteiger partial charge in [0.1, 0.15) is 0 Å². The minimum absolute atomic E-state index is 0.0175. The monoisotopic (exact) mass is 365 g/mol. The molecule has 0 saturated carbocycles. The summed E-state index contributed by atoms with van der Waals surface area (Å²) in [6.45, 7) is 6.52. The van der Waals surface area contributed by atoms with Gasteiger partial charge in [0.15, 0.2) is 11.6 Å². The molecule has 1 amide bonds. The highest BCUT2D eigenvalue weighted by Crippen LogP contribution is 2.23.